The Labute approximate surface area is 173 Å². The third-order valence-electron chi connectivity index (χ3n) is 5.09. The number of phenols is 1. The van der Waals surface area contributed by atoms with Gasteiger partial charge in [-0.15, -0.1) is 0 Å². The van der Waals surface area contributed by atoms with Crippen LogP contribution in [0.5, 0.6) is 5.75 Å². The molecule has 4 rings (SSSR count). The Kier molecular flexibility index (Phi) is 5.18. The quantitative estimate of drug-likeness (QED) is 0.352. The van der Waals surface area contributed by atoms with Crippen LogP contribution in [0.4, 0.5) is 5.95 Å². The molecule has 2 aromatic heterocycles. The normalized spacial score (nSPS) is 14.8. The van der Waals surface area contributed by atoms with Gasteiger partial charge in [0.2, 0.25) is 5.95 Å². The number of halogens is 1. The molecule has 1 fully saturated rings. The lowest BCUT2D eigenvalue weighted by Crippen LogP contribution is -2.42. The van der Waals surface area contributed by atoms with Crippen molar-refractivity contribution in [3.05, 3.63) is 55.1 Å². The van der Waals surface area contributed by atoms with Gasteiger partial charge in [0.25, 0.3) is 0 Å². The first-order chi connectivity index (χ1) is 14.0. The molecule has 0 bridgehead atoms. The van der Waals surface area contributed by atoms with E-state index in [1.807, 2.05) is 0 Å². The average molecular weight is 459 g/mol. The van der Waals surface area contributed by atoms with E-state index in [-0.39, 0.29) is 17.7 Å². The lowest BCUT2D eigenvalue weighted by atomic mass is 10.2. The molecule has 29 heavy (non-hydrogen) atoms. The summed E-state index contributed by atoms with van der Waals surface area (Å²) in [5.74, 6) is 0.361. The van der Waals surface area contributed by atoms with Crippen LogP contribution in [0.1, 0.15) is 37.3 Å². The Morgan fingerprint density at radius 2 is 2.03 bits per heavy atom. The number of fused-ring (bicyclic) bond motifs is 1. The summed E-state index contributed by atoms with van der Waals surface area (Å²) < 4.78 is 3.35. The summed E-state index contributed by atoms with van der Waals surface area (Å²) in [5.41, 5.74) is 3.29. The number of aryl methyl sites for hydroxylation is 1. The van der Waals surface area contributed by atoms with Crippen LogP contribution < -0.4 is 16.5 Å². The number of nitrogens with zero attached hydrogens (tertiary/aromatic N) is 5. The monoisotopic (exact) mass is 458 g/mol. The van der Waals surface area contributed by atoms with E-state index in [9.17, 15) is 14.7 Å². The number of hydrazone groups is 1. The Morgan fingerprint density at radius 3 is 2.76 bits per heavy atom. The smallest absolute Gasteiger partial charge is 0.318 e. The topological polar surface area (TPSA) is 114 Å². The van der Waals surface area contributed by atoms with Crippen LogP contribution >= 0.6 is 15.9 Å². The van der Waals surface area contributed by atoms with Crippen molar-refractivity contribution in [2.24, 2.45) is 12.1 Å². The van der Waals surface area contributed by atoms with Crippen molar-refractivity contribution < 1.29 is 5.11 Å². The highest BCUT2D eigenvalue weighted by molar-refractivity contribution is 9.10. The van der Waals surface area contributed by atoms with Crippen LogP contribution in [0.3, 0.4) is 0 Å². The lowest BCUT2D eigenvalue weighted by Gasteiger charge is -2.17. The first-order valence-electron chi connectivity index (χ1n) is 9.21. The van der Waals surface area contributed by atoms with E-state index in [0.717, 1.165) is 31.2 Å². The second kappa shape index (κ2) is 7.78. The number of nitrogens with one attached hydrogen (secondary N) is 1. The van der Waals surface area contributed by atoms with Crippen molar-refractivity contribution in [3.63, 3.8) is 0 Å². The molecular weight excluding hydrogens is 440 g/mol. The Morgan fingerprint density at radius 1 is 1.28 bits per heavy atom. The summed E-state index contributed by atoms with van der Waals surface area (Å²) >= 11 is 3.25. The third-order valence-corrected chi connectivity index (χ3v) is 5.72. The van der Waals surface area contributed by atoms with Crippen molar-refractivity contribution >= 4 is 39.3 Å². The molecule has 2 N–H and O–H groups in total. The van der Waals surface area contributed by atoms with Gasteiger partial charge in [0.15, 0.2) is 5.65 Å². The minimum absolute atomic E-state index is 0.0282. The maximum absolute atomic E-state index is 12.7. The van der Waals surface area contributed by atoms with Gasteiger partial charge in [-0.1, -0.05) is 12.8 Å². The minimum atomic E-state index is -0.579. The number of aromatic nitrogens is 4. The Hall–Kier alpha value is -3.01. The van der Waals surface area contributed by atoms with Gasteiger partial charge in [-0.25, -0.2) is 10.4 Å². The predicted molar refractivity (Wildman–Crippen MR) is 114 cm³/mol. The molecule has 0 amide bonds. The highest BCUT2D eigenvalue weighted by atomic mass is 79.9. The number of rotatable bonds is 4. The first-order valence-corrected chi connectivity index (χ1v) is 10.0. The molecule has 1 aromatic carbocycles. The summed E-state index contributed by atoms with van der Waals surface area (Å²) in [4.78, 5) is 33.7. The highest BCUT2D eigenvalue weighted by Gasteiger charge is 2.23. The number of phenolic OH excluding ortho intramolecular Hbond substituents is 1. The van der Waals surface area contributed by atoms with E-state index in [1.165, 1.54) is 15.3 Å². The van der Waals surface area contributed by atoms with Crippen molar-refractivity contribution in [2.45, 2.75) is 31.7 Å². The van der Waals surface area contributed by atoms with Gasteiger partial charge < -0.3 is 9.67 Å². The maximum atomic E-state index is 12.7. The molecule has 0 unspecified atom stereocenters. The summed E-state index contributed by atoms with van der Waals surface area (Å²) in [6, 6.07) is 4.95. The average Bonchev–Trinajstić information content (AvgIpc) is 3.23. The summed E-state index contributed by atoms with van der Waals surface area (Å²) in [7, 11) is 1.54. The predicted octanol–water partition coefficient (Wildman–Crippen LogP) is 2.52. The van der Waals surface area contributed by atoms with Crippen LogP contribution in [-0.2, 0) is 7.05 Å². The molecule has 3 aromatic rings. The summed E-state index contributed by atoms with van der Waals surface area (Å²) in [5, 5.41) is 13.7. The minimum Gasteiger partial charge on any atom is -0.507 e. The highest BCUT2D eigenvalue weighted by Crippen LogP contribution is 2.30. The van der Waals surface area contributed by atoms with Gasteiger partial charge >= 0.3 is 11.1 Å². The molecule has 0 radical (unpaired) electrons. The zero-order chi connectivity index (χ0) is 20.5. The molecule has 1 aliphatic rings. The Bertz CT molecular complexity index is 1230. The number of hydrogen-bond acceptors (Lipinski definition) is 7. The van der Waals surface area contributed by atoms with Gasteiger partial charge in [0, 0.05) is 13.1 Å². The van der Waals surface area contributed by atoms with Crippen molar-refractivity contribution in [1.29, 1.82) is 0 Å². The first kappa shape index (κ1) is 19.3. The molecule has 0 atom stereocenters. The van der Waals surface area contributed by atoms with E-state index >= 15 is 0 Å². The van der Waals surface area contributed by atoms with Gasteiger partial charge in [-0.3, -0.25) is 14.2 Å². The molecule has 1 aliphatic carbocycles. The standard InChI is InChI=1S/C19H19BrN6O3/c1-25-14-10-21-19(24-22-9-11-6-7-15(27)13(20)8-11)23-16(14)26(18(29)17(25)28)12-4-2-3-5-12/h6-10,12,27H,2-5H2,1H3,(H,21,23,24)/b22-9+. The summed E-state index contributed by atoms with van der Waals surface area (Å²) in [6.07, 6.45) is 6.82. The fraction of sp³-hybridized carbons (Fsp3) is 0.316. The van der Waals surface area contributed by atoms with Crippen LogP contribution in [0.15, 0.2) is 43.6 Å². The van der Waals surface area contributed by atoms with Crippen LogP contribution in [0.25, 0.3) is 11.2 Å². The van der Waals surface area contributed by atoms with E-state index in [4.69, 9.17) is 0 Å². The zero-order valence-electron chi connectivity index (χ0n) is 15.7. The molecular formula is C19H19BrN6O3. The molecule has 2 heterocycles. The molecule has 0 saturated heterocycles. The third kappa shape index (κ3) is 3.67. The van der Waals surface area contributed by atoms with Crippen molar-refractivity contribution in [2.75, 3.05) is 5.43 Å². The molecule has 0 aliphatic heterocycles. The molecule has 0 spiro atoms. The van der Waals surface area contributed by atoms with E-state index in [1.54, 1.807) is 31.5 Å². The molecule has 10 heteroatoms. The molecule has 1 saturated carbocycles. The van der Waals surface area contributed by atoms with Gasteiger partial charge in [-0.05, 0) is 52.5 Å². The molecule has 150 valence electrons. The van der Waals surface area contributed by atoms with E-state index < -0.39 is 11.1 Å². The molecule has 9 nitrogen and oxygen atoms in total. The largest absolute Gasteiger partial charge is 0.507 e. The SMILES string of the molecule is Cn1c(=O)c(=O)n(C2CCCC2)c2nc(N/N=C/c3ccc(O)c(Br)c3)ncc21. The maximum Gasteiger partial charge on any atom is 0.318 e. The number of benzene rings is 1. The second-order valence-electron chi connectivity index (χ2n) is 6.96. The summed E-state index contributed by atoms with van der Waals surface area (Å²) in [6.45, 7) is 0. The van der Waals surface area contributed by atoms with Gasteiger partial charge in [0.05, 0.1) is 16.9 Å². The zero-order valence-corrected chi connectivity index (χ0v) is 17.3. The number of aromatic hydroxyl groups is 1. The van der Waals surface area contributed by atoms with E-state index in [0.29, 0.717) is 15.6 Å². The van der Waals surface area contributed by atoms with Gasteiger partial charge in [-0.2, -0.15) is 10.1 Å². The fourth-order valence-electron chi connectivity index (χ4n) is 3.56. The van der Waals surface area contributed by atoms with Gasteiger partial charge in [0.1, 0.15) is 11.3 Å². The lowest BCUT2D eigenvalue weighted by molar-refractivity contribution is 0.472. The van der Waals surface area contributed by atoms with E-state index in [2.05, 4.69) is 36.4 Å². The van der Waals surface area contributed by atoms with Crippen molar-refractivity contribution in [1.82, 2.24) is 19.1 Å². The number of hydrogen-bond donors (Lipinski definition) is 2. The van der Waals surface area contributed by atoms with Crippen LogP contribution in [0, 0.1) is 0 Å². The number of anilines is 1. The van der Waals surface area contributed by atoms with Crippen LogP contribution in [0.2, 0.25) is 0 Å². The van der Waals surface area contributed by atoms with Crippen LogP contribution in [-0.4, -0.2) is 30.4 Å². The Balaban J connectivity index is 1.71. The fourth-order valence-corrected chi connectivity index (χ4v) is 3.95. The second-order valence-corrected chi connectivity index (χ2v) is 7.82. The van der Waals surface area contributed by atoms with Crippen molar-refractivity contribution in [3.8, 4) is 5.75 Å².